The smallest absolute Gasteiger partial charge is 0.222 e. The number of benzene rings is 1. The van der Waals surface area contributed by atoms with E-state index in [1.165, 1.54) is 5.56 Å². The lowest BCUT2D eigenvalue weighted by Crippen LogP contribution is -2.37. The van der Waals surface area contributed by atoms with Gasteiger partial charge in [-0.05, 0) is 24.8 Å². The van der Waals surface area contributed by atoms with Gasteiger partial charge in [0.25, 0.3) is 0 Å². The molecule has 0 unspecified atom stereocenters. The summed E-state index contributed by atoms with van der Waals surface area (Å²) in [6, 6.07) is 10.2. The van der Waals surface area contributed by atoms with Gasteiger partial charge in [0, 0.05) is 37.9 Å². The molecule has 0 radical (unpaired) electrons. The van der Waals surface area contributed by atoms with Crippen LogP contribution in [0.5, 0.6) is 0 Å². The van der Waals surface area contributed by atoms with E-state index < -0.39 is 0 Å². The third-order valence-corrected chi connectivity index (χ3v) is 4.42. The third kappa shape index (κ3) is 7.72. The Kier molecular flexibility index (Phi) is 9.25. The van der Waals surface area contributed by atoms with Crippen molar-refractivity contribution in [2.24, 2.45) is 0 Å². The average Bonchev–Trinajstić information content (AvgIpc) is 2.60. The second-order valence-electron chi connectivity index (χ2n) is 7.26. The molecule has 0 spiro atoms. The van der Waals surface area contributed by atoms with E-state index in [4.69, 9.17) is 0 Å². The van der Waals surface area contributed by atoms with Gasteiger partial charge in [-0.3, -0.25) is 9.59 Å². The first kappa shape index (κ1) is 21.2. The number of rotatable bonds is 11. The summed E-state index contributed by atoms with van der Waals surface area (Å²) in [6.45, 7) is 10.6. The number of amides is 2. The quantitative estimate of drug-likeness (QED) is 0.660. The van der Waals surface area contributed by atoms with Crippen LogP contribution in [0.25, 0.3) is 0 Å². The fourth-order valence-corrected chi connectivity index (χ4v) is 2.86. The number of carbonyl (C=O) groups is 2. The Morgan fingerprint density at radius 3 is 2.16 bits per heavy atom. The Bertz CT molecular complexity index is 520. The second-order valence-corrected chi connectivity index (χ2v) is 7.26. The zero-order chi connectivity index (χ0) is 18.7. The lowest BCUT2D eigenvalue weighted by atomic mass is 9.84. The zero-order valence-electron chi connectivity index (χ0n) is 16.3. The van der Waals surface area contributed by atoms with Crippen LogP contribution in [-0.4, -0.2) is 36.3 Å². The van der Waals surface area contributed by atoms with Crippen molar-refractivity contribution in [3.63, 3.8) is 0 Å². The van der Waals surface area contributed by atoms with Crippen LogP contribution in [0, 0.1) is 0 Å². The molecule has 4 nitrogen and oxygen atoms in total. The molecule has 0 aliphatic heterocycles. The Labute approximate surface area is 153 Å². The monoisotopic (exact) mass is 346 g/mol. The van der Waals surface area contributed by atoms with Gasteiger partial charge in [-0.15, -0.1) is 0 Å². The maximum atomic E-state index is 12.2. The lowest BCUT2D eigenvalue weighted by Gasteiger charge is -2.25. The molecule has 25 heavy (non-hydrogen) atoms. The molecule has 4 heteroatoms. The highest BCUT2D eigenvalue weighted by Crippen LogP contribution is 2.21. The summed E-state index contributed by atoms with van der Waals surface area (Å²) in [7, 11) is 0. The number of carbonyl (C=O) groups excluding carboxylic acids is 2. The zero-order valence-corrected chi connectivity index (χ0v) is 16.3. The van der Waals surface area contributed by atoms with E-state index in [-0.39, 0.29) is 17.2 Å². The summed E-state index contributed by atoms with van der Waals surface area (Å²) >= 11 is 0. The van der Waals surface area contributed by atoms with Gasteiger partial charge in [0.15, 0.2) is 0 Å². The van der Waals surface area contributed by atoms with E-state index in [0.717, 1.165) is 25.9 Å². The van der Waals surface area contributed by atoms with Crippen molar-refractivity contribution in [3.8, 4) is 0 Å². The largest absolute Gasteiger partial charge is 0.355 e. The van der Waals surface area contributed by atoms with Crippen LogP contribution in [0.15, 0.2) is 30.3 Å². The third-order valence-electron chi connectivity index (χ3n) is 4.42. The summed E-state index contributed by atoms with van der Waals surface area (Å²) in [5, 5.41) is 3.01. The van der Waals surface area contributed by atoms with Crippen LogP contribution >= 0.6 is 0 Å². The van der Waals surface area contributed by atoms with Gasteiger partial charge in [-0.25, -0.2) is 0 Å². The highest BCUT2D eigenvalue weighted by Gasteiger charge is 2.21. The summed E-state index contributed by atoms with van der Waals surface area (Å²) in [5.74, 6) is 0.190. The van der Waals surface area contributed by atoms with Crippen LogP contribution in [0.2, 0.25) is 0 Å². The number of hydrogen-bond donors (Lipinski definition) is 1. The molecule has 1 rings (SSSR count). The molecule has 140 valence electrons. The number of hydrogen-bond acceptors (Lipinski definition) is 2. The Hall–Kier alpha value is -1.84. The molecule has 0 aliphatic rings. The minimum Gasteiger partial charge on any atom is -0.355 e. The van der Waals surface area contributed by atoms with E-state index in [0.29, 0.717) is 25.8 Å². The van der Waals surface area contributed by atoms with Crippen LogP contribution in [0.3, 0.4) is 0 Å². The van der Waals surface area contributed by atoms with Crippen molar-refractivity contribution >= 4 is 11.8 Å². The van der Waals surface area contributed by atoms with E-state index in [1.807, 2.05) is 23.1 Å². The van der Waals surface area contributed by atoms with E-state index in [9.17, 15) is 9.59 Å². The van der Waals surface area contributed by atoms with Crippen molar-refractivity contribution in [1.29, 1.82) is 0 Å². The Balaban J connectivity index is 2.34. The Morgan fingerprint density at radius 1 is 1.00 bits per heavy atom. The number of nitrogens with zero attached hydrogens (tertiary/aromatic N) is 1. The van der Waals surface area contributed by atoms with Gasteiger partial charge >= 0.3 is 0 Å². The summed E-state index contributed by atoms with van der Waals surface area (Å²) in [4.78, 5) is 26.2. The Morgan fingerprint density at radius 2 is 1.60 bits per heavy atom. The van der Waals surface area contributed by atoms with Gasteiger partial charge in [-0.1, -0.05) is 58.0 Å². The molecule has 0 atom stereocenters. The van der Waals surface area contributed by atoms with Crippen molar-refractivity contribution in [3.05, 3.63) is 35.9 Å². The first-order valence-corrected chi connectivity index (χ1v) is 9.50. The predicted octanol–water partition coefficient (Wildman–Crippen LogP) is 3.90. The molecule has 0 saturated heterocycles. The summed E-state index contributed by atoms with van der Waals surface area (Å²) < 4.78 is 0. The molecule has 0 aliphatic carbocycles. The molecule has 1 aromatic carbocycles. The van der Waals surface area contributed by atoms with E-state index >= 15 is 0 Å². The highest BCUT2D eigenvalue weighted by atomic mass is 16.2. The molecule has 0 saturated carbocycles. The van der Waals surface area contributed by atoms with Gasteiger partial charge in [0.05, 0.1) is 0 Å². The van der Waals surface area contributed by atoms with Crippen LogP contribution in [0.1, 0.15) is 65.4 Å². The maximum Gasteiger partial charge on any atom is 0.222 e. The van der Waals surface area contributed by atoms with Gasteiger partial charge < -0.3 is 10.2 Å². The molecule has 1 aromatic rings. The van der Waals surface area contributed by atoms with Crippen molar-refractivity contribution in [2.75, 3.05) is 19.6 Å². The van der Waals surface area contributed by atoms with Crippen LogP contribution < -0.4 is 5.32 Å². The maximum absolute atomic E-state index is 12.2. The minimum absolute atomic E-state index is 0.0225. The van der Waals surface area contributed by atoms with Gasteiger partial charge in [0.1, 0.15) is 0 Å². The first-order valence-electron chi connectivity index (χ1n) is 9.50. The van der Waals surface area contributed by atoms with Crippen molar-refractivity contribution in [2.45, 2.75) is 65.2 Å². The fraction of sp³-hybridized carbons (Fsp3) is 0.619. The lowest BCUT2D eigenvalue weighted by molar-refractivity contribution is -0.131. The van der Waals surface area contributed by atoms with Gasteiger partial charge in [-0.2, -0.15) is 0 Å². The van der Waals surface area contributed by atoms with E-state index in [2.05, 4.69) is 45.1 Å². The van der Waals surface area contributed by atoms with Crippen LogP contribution in [0.4, 0.5) is 0 Å². The topological polar surface area (TPSA) is 49.4 Å². The molecule has 2 amide bonds. The number of nitrogens with one attached hydrogen (secondary N) is 1. The molecule has 0 fully saturated rings. The fourth-order valence-electron chi connectivity index (χ4n) is 2.86. The van der Waals surface area contributed by atoms with E-state index in [1.54, 1.807) is 0 Å². The van der Waals surface area contributed by atoms with Crippen molar-refractivity contribution < 1.29 is 9.59 Å². The molecule has 1 N–H and O–H groups in total. The highest BCUT2D eigenvalue weighted by molar-refractivity contribution is 5.79. The molecule has 0 heterocycles. The normalized spacial score (nSPS) is 11.2. The molecule has 0 bridgehead atoms. The minimum atomic E-state index is -0.105. The first-order chi connectivity index (χ1) is 11.9. The summed E-state index contributed by atoms with van der Waals surface area (Å²) in [5.41, 5.74) is 1.10. The van der Waals surface area contributed by atoms with Crippen LogP contribution in [-0.2, 0) is 15.0 Å². The van der Waals surface area contributed by atoms with Gasteiger partial charge in [0.2, 0.25) is 11.8 Å². The second kappa shape index (κ2) is 10.9. The van der Waals surface area contributed by atoms with Crippen molar-refractivity contribution in [1.82, 2.24) is 10.2 Å². The molecular weight excluding hydrogens is 312 g/mol. The SMILES string of the molecule is CCCN(CCC)C(=O)CCCC(=O)NCC(C)(C)c1ccccc1. The average molecular weight is 347 g/mol. The standard InChI is InChI=1S/C21H34N2O2/c1-5-15-23(16-6-2)20(25)14-10-13-19(24)22-17-21(3,4)18-11-8-7-9-12-18/h7-9,11-12H,5-6,10,13-17H2,1-4H3,(H,22,24). The predicted molar refractivity (Wildman–Crippen MR) is 103 cm³/mol. The molecular formula is C21H34N2O2. The summed E-state index contributed by atoms with van der Waals surface area (Å²) in [6.07, 6.45) is 3.42. The molecule has 0 aromatic heterocycles.